The van der Waals surface area contributed by atoms with Gasteiger partial charge in [0, 0.05) is 0 Å². The molecule has 1 N–H and O–H groups in total. The van der Waals surface area contributed by atoms with Crippen molar-refractivity contribution in [1.29, 1.82) is 0 Å². The number of rotatable bonds is 4. The average molecular weight is 351 g/mol. The van der Waals surface area contributed by atoms with E-state index in [2.05, 4.69) is 52.0 Å². The van der Waals surface area contributed by atoms with Crippen LogP contribution in [0.4, 0.5) is 5.69 Å². The minimum atomic E-state index is -0.444. The lowest BCUT2D eigenvalue weighted by Gasteiger charge is -2.21. The second-order valence-corrected chi connectivity index (χ2v) is 7.94. The third kappa shape index (κ3) is 3.73. The van der Waals surface area contributed by atoms with Crippen molar-refractivity contribution in [2.45, 2.75) is 71.8 Å². The SMILES string of the molecule is CC(=Nc1c(C(C)C)cccc1C(C)C)c1ccc2c(n1)C(O)CCC2. The quantitative estimate of drug-likeness (QED) is 0.704. The fourth-order valence-corrected chi connectivity index (χ4v) is 3.69. The van der Waals surface area contributed by atoms with Gasteiger partial charge in [-0.05, 0) is 60.8 Å². The Labute approximate surface area is 157 Å². The minimum Gasteiger partial charge on any atom is -0.387 e. The van der Waals surface area contributed by atoms with E-state index in [0.29, 0.717) is 11.8 Å². The van der Waals surface area contributed by atoms with Crippen LogP contribution in [0.15, 0.2) is 35.3 Å². The highest BCUT2D eigenvalue weighted by Gasteiger charge is 2.20. The third-order valence-electron chi connectivity index (χ3n) is 5.24. The molecule has 0 amide bonds. The minimum absolute atomic E-state index is 0.415. The highest BCUT2D eigenvalue weighted by Crippen LogP contribution is 2.35. The predicted octanol–water partition coefficient (Wildman–Crippen LogP) is 5.84. The van der Waals surface area contributed by atoms with Gasteiger partial charge in [-0.25, -0.2) is 4.98 Å². The summed E-state index contributed by atoms with van der Waals surface area (Å²) in [5.74, 6) is 0.831. The molecular weight excluding hydrogens is 320 g/mol. The summed E-state index contributed by atoms with van der Waals surface area (Å²) in [6.45, 7) is 10.9. The van der Waals surface area contributed by atoms with E-state index in [0.717, 1.165) is 42.0 Å². The molecule has 26 heavy (non-hydrogen) atoms. The van der Waals surface area contributed by atoms with Crippen LogP contribution in [-0.4, -0.2) is 15.8 Å². The van der Waals surface area contributed by atoms with Crippen molar-refractivity contribution in [3.8, 4) is 0 Å². The molecule has 0 aliphatic heterocycles. The Bertz CT molecular complexity index is 795. The molecule has 1 heterocycles. The van der Waals surface area contributed by atoms with E-state index in [1.54, 1.807) is 0 Å². The van der Waals surface area contributed by atoms with Gasteiger partial charge >= 0.3 is 0 Å². The zero-order valence-electron chi connectivity index (χ0n) is 16.6. The summed E-state index contributed by atoms with van der Waals surface area (Å²) in [6, 6.07) is 10.6. The van der Waals surface area contributed by atoms with Crippen molar-refractivity contribution in [1.82, 2.24) is 4.98 Å². The van der Waals surface area contributed by atoms with E-state index >= 15 is 0 Å². The second-order valence-electron chi connectivity index (χ2n) is 7.94. The number of aliphatic imine (C=N–C) groups is 1. The first-order valence-corrected chi connectivity index (χ1v) is 9.74. The van der Waals surface area contributed by atoms with Gasteiger partial charge in [-0.2, -0.15) is 0 Å². The molecular formula is C23H30N2O. The summed E-state index contributed by atoms with van der Waals surface area (Å²) >= 11 is 0. The molecule has 0 bridgehead atoms. The van der Waals surface area contributed by atoms with Crippen LogP contribution in [0.1, 0.15) is 93.5 Å². The molecule has 0 radical (unpaired) electrons. The Morgan fingerprint density at radius 3 is 2.35 bits per heavy atom. The highest BCUT2D eigenvalue weighted by molar-refractivity contribution is 5.99. The van der Waals surface area contributed by atoms with Crippen LogP contribution in [0.3, 0.4) is 0 Å². The maximum atomic E-state index is 10.3. The molecule has 1 aromatic carbocycles. The lowest BCUT2D eigenvalue weighted by atomic mass is 9.92. The van der Waals surface area contributed by atoms with Crippen LogP contribution in [0.2, 0.25) is 0 Å². The molecule has 1 unspecified atom stereocenters. The smallest absolute Gasteiger partial charge is 0.0962 e. The van der Waals surface area contributed by atoms with Crippen molar-refractivity contribution in [3.05, 3.63) is 58.4 Å². The van der Waals surface area contributed by atoms with E-state index in [9.17, 15) is 5.11 Å². The molecule has 1 atom stereocenters. The molecule has 0 saturated heterocycles. The number of hydrogen-bond acceptors (Lipinski definition) is 3. The topological polar surface area (TPSA) is 45.5 Å². The van der Waals surface area contributed by atoms with Crippen LogP contribution in [0, 0.1) is 0 Å². The molecule has 0 saturated carbocycles. The number of aryl methyl sites for hydroxylation is 1. The van der Waals surface area contributed by atoms with E-state index < -0.39 is 6.10 Å². The van der Waals surface area contributed by atoms with Crippen molar-refractivity contribution >= 4 is 11.4 Å². The zero-order chi connectivity index (χ0) is 18.8. The molecule has 2 aromatic rings. The summed E-state index contributed by atoms with van der Waals surface area (Å²) in [7, 11) is 0. The van der Waals surface area contributed by atoms with Crippen molar-refractivity contribution in [2.75, 3.05) is 0 Å². The van der Waals surface area contributed by atoms with Crippen molar-refractivity contribution in [3.63, 3.8) is 0 Å². The van der Waals surface area contributed by atoms with E-state index in [1.165, 1.54) is 16.7 Å². The van der Waals surface area contributed by atoms with Crippen molar-refractivity contribution in [2.24, 2.45) is 4.99 Å². The van der Waals surface area contributed by atoms with E-state index in [4.69, 9.17) is 9.98 Å². The summed E-state index contributed by atoms with van der Waals surface area (Å²) in [6.07, 6.45) is 2.39. The van der Waals surface area contributed by atoms with Crippen LogP contribution in [0.25, 0.3) is 0 Å². The Kier molecular flexibility index (Phi) is 5.57. The molecule has 3 nitrogen and oxygen atoms in total. The Morgan fingerprint density at radius 2 is 1.73 bits per heavy atom. The number of nitrogens with zero attached hydrogens (tertiary/aromatic N) is 2. The van der Waals surface area contributed by atoms with Gasteiger partial charge < -0.3 is 5.11 Å². The van der Waals surface area contributed by atoms with Crippen LogP contribution in [-0.2, 0) is 6.42 Å². The molecule has 1 aromatic heterocycles. The van der Waals surface area contributed by atoms with Crippen LogP contribution in [0.5, 0.6) is 0 Å². The maximum Gasteiger partial charge on any atom is 0.0962 e. The standard InChI is InChI=1S/C23H30N2O/c1-14(2)18-9-7-10-19(15(3)4)23(18)24-16(5)20-13-12-17-8-6-11-21(26)22(17)25-20/h7,9-10,12-15,21,26H,6,8,11H2,1-5H3. The van der Waals surface area contributed by atoms with Crippen LogP contribution < -0.4 is 0 Å². The number of aliphatic hydroxyl groups excluding tert-OH is 1. The van der Waals surface area contributed by atoms with Gasteiger partial charge in [-0.15, -0.1) is 0 Å². The third-order valence-corrected chi connectivity index (χ3v) is 5.24. The van der Waals surface area contributed by atoms with Gasteiger partial charge in [0.15, 0.2) is 0 Å². The normalized spacial score (nSPS) is 17.7. The molecule has 3 rings (SSSR count). The van der Waals surface area contributed by atoms with Gasteiger partial charge in [-0.1, -0.05) is 52.0 Å². The largest absolute Gasteiger partial charge is 0.387 e. The first-order chi connectivity index (χ1) is 12.4. The Balaban J connectivity index is 2.07. The lowest BCUT2D eigenvalue weighted by Crippen LogP contribution is -2.14. The molecule has 1 aliphatic rings. The maximum absolute atomic E-state index is 10.3. The number of benzene rings is 1. The summed E-state index contributed by atoms with van der Waals surface area (Å²) in [5.41, 5.74) is 7.39. The summed E-state index contributed by atoms with van der Waals surface area (Å²) in [5, 5.41) is 10.3. The zero-order valence-corrected chi connectivity index (χ0v) is 16.6. The number of aliphatic hydroxyl groups is 1. The predicted molar refractivity (Wildman–Crippen MR) is 109 cm³/mol. The molecule has 3 heteroatoms. The van der Waals surface area contributed by atoms with Gasteiger partial charge in [0.25, 0.3) is 0 Å². The first kappa shape index (κ1) is 18.8. The fourth-order valence-electron chi connectivity index (χ4n) is 3.69. The fraction of sp³-hybridized carbons (Fsp3) is 0.478. The number of aromatic nitrogens is 1. The Hall–Kier alpha value is -2.00. The molecule has 0 fully saturated rings. The summed E-state index contributed by atoms with van der Waals surface area (Å²) < 4.78 is 0. The van der Waals surface area contributed by atoms with E-state index in [-0.39, 0.29) is 0 Å². The number of hydrogen-bond donors (Lipinski definition) is 1. The highest BCUT2D eigenvalue weighted by atomic mass is 16.3. The van der Waals surface area contributed by atoms with E-state index in [1.807, 2.05) is 13.0 Å². The van der Waals surface area contributed by atoms with Gasteiger partial charge in [0.05, 0.1) is 28.9 Å². The summed E-state index contributed by atoms with van der Waals surface area (Å²) in [4.78, 5) is 9.78. The second kappa shape index (κ2) is 7.71. The number of fused-ring (bicyclic) bond motifs is 1. The Morgan fingerprint density at radius 1 is 1.08 bits per heavy atom. The van der Waals surface area contributed by atoms with Crippen LogP contribution >= 0.6 is 0 Å². The van der Waals surface area contributed by atoms with Crippen molar-refractivity contribution < 1.29 is 5.11 Å². The van der Waals surface area contributed by atoms with Gasteiger partial charge in [0.2, 0.25) is 0 Å². The number of pyridine rings is 1. The molecule has 138 valence electrons. The molecule has 0 spiro atoms. The number of para-hydroxylation sites is 1. The van der Waals surface area contributed by atoms with Gasteiger partial charge in [0.1, 0.15) is 0 Å². The lowest BCUT2D eigenvalue weighted by molar-refractivity contribution is 0.151. The molecule has 1 aliphatic carbocycles. The monoisotopic (exact) mass is 350 g/mol. The van der Waals surface area contributed by atoms with Gasteiger partial charge in [-0.3, -0.25) is 4.99 Å². The average Bonchev–Trinajstić information content (AvgIpc) is 2.61. The first-order valence-electron chi connectivity index (χ1n) is 9.74.